The first-order chi connectivity index (χ1) is 8.58. The fraction of sp³-hybridized carbons (Fsp3) is 0.417. The van der Waals surface area contributed by atoms with Crippen molar-refractivity contribution in [2.24, 2.45) is 5.92 Å². The largest absolute Gasteiger partial charge is 0.391 e. The summed E-state index contributed by atoms with van der Waals surface area (Å²) in [6.45, 7) is 1.62. The van der Waals surface area contributed by atoms with E-state index >= 15 is 0 Å². The molecule has 0 spiro atoms. The number of halogens is 3. The molecular formula is C12H15ClFIN2O2. The number of carbonyl (C=O) groups is 1. The highest BCUT2D eigenvalue weighted by molar-refractivity contribution is 14.1. The van der Waals surface area contributed by atoms with Gasteiger partial charge in [0.25, 0.3) is 5.91 Å². The summed E-state index contributed by atoms with van der Waals surface area (Å²) in [6.07, 6.45) is -0.433. The quantitative estimate of drug-likeness (QED) is 0.668. The second kappa shape index (κ2) is 7.37. The summed E-state index contributed by atoms with van der Waals surface area (Å²) in [7, 11) is 0. The van der Waals surface area contributed by atoms with Crippen LogP contribution in [0.15, 0.2) is 18.2 Å². The molecule has 0 radical (unpaired) electrons. The van der Waals surface area contributed by atoms with Gasteiger partial charge in [0, 0.05) is 29.1 Å². The van der Waals surface area contributed by atoms with Gasteiger partial charge in [-0.05, 0) is 40.8 Å². The highest BCUT2D eigenvalue weighted by Crippen LogP contribution is 2.14. The molecule has 1 fully saturated rings. The summed E-state index contributed by atoms with van der Waals surface area (Å²) in [5.74, 6) is -0.721. The lowest BCUT2D eigenvalue weighted by Crippen LogP contribution is -2.34. The number of amides is 1. The van der Waals surface area contributed by atoms with Crippen molar-refractivity contribution in [2.75, 3.05) is 19.6 Å². The summed E-state index contributed by atoms with van der Waals surface area (Å²) in [6, 6.07) is 4.11. The van der Waals surface area contributed by atoms with E-state index in [1.165, 1.54) is 12.1 Å². The molecule has 3 N–H and O–H groups in total. The van der Waals surface area contributed by atoms with Gasteiger partial charge in [0.15, 0.2) is 0 Å². The Labute approximate surface area is 130 Å². The fourth-order valence-corrected chi connectivity index (χ4v) is 2.50. The third-order valence-corrected chi connectivity index (χ3v) is 3.94. The maximum absolute atomic E-state index is 13.1. The Morgan fingerprint density at radius 3 is 2.89 bits per heavy atom. The topological polar surface area (TPSA) is 61.4 Å². The molecule has 0 aliphatic carbocycles. The summed E-state index contributed by atoms with van der Waals surface area (Å²) in [5.41, 5.74) is 0.330. The molecule has 7 heteroatoms. The lowest BCUT2D eigenvalue weighted by molar-refractivity contribution is 0.0925. The maximum Gasteiger partial charge on any atom is 0.252 e. The molecule has 0 bridgehead atoms. The summed E-state index contributed by atoms with van der Waals surface area (Å²) >= 11 is 2.00. The lowest BCUT2D eigenvalue weighted by atomic mass is 10.1. The van der Waals surface area contributed by atoms with Crippen molar-refractivity contribution in [3.63, 3.8) is 0 Å². The van der Waals surface area contributed by atoms with Gasteiger partial charge in [-0.25, -0.2) is 4.39 Å². The molecule has 1 aliphatic rings. The van der Waals surface area contributed by atoms with Crippen LogP contribution in [0.25, 0.3) is 0 Å². The Kier molecular flexibility index (Phi) is 6.45. The number of aliphatic hydroxyl groups excluding tert-OH is 1. The van der Waals surface area contributed by atoms with Crippen molar-refractivity contribution in [1.82, 2.24) is 10.6 Å². The van der Waals surface area contributed by atoms with Crippen LogP contribution in [-0.4, -0.2) is 36.8 Å². The molecule has 1 saturated heterocycles. The first-order valence-electron chi connectivity index (χ1n) is 5.70. The van der Waals surface area contributed by atoms with Gasteiger partial charge in [-0.15, -0.1) is 12.4 Å². The number of rotatable bonds is 3. The van der Waals surface area contributed by atoms with Crippen LogP contribution >= 0.6 is 35.0 Å². The molecule has 19 heavy (non-hydrogen) atoms. The molecule has 0 aromatic heterocycles. The van der Waals surface area contributed by atoms with Gasteiger partial charge in [0.1, 0.15) is 5.82 Å². The monoisotopic (exact) mass is 400 g/mol. The Hall–Kier alpha value is -0.440. The van der Waals surface area contributed by atoms with Crippen LogP contribution in [0.3, 0.4) is 0 Å². The van der Waals surface area contributed by atoms with Crippen LogP contribution in [-0.2, 0) is 0 Å². The minimum absolute atomic E-state index is 0. The summed E-state index contributed by atoms with van der Waals surface area (Å²) < 4.78 is 13.8. The van der Waals surface area contributed by atoms with Crippen molar-refractivity contribution >= 4 is 40.9 Å². The van der Waals surface area contributed by atoms with Crippen molar-refractivity contribution in [3.8, 4) is 0 Å². The number of nitrogens with one attached hydrogen (secondary N) is 2. The van der Waals surface area contributed by atoms with Crippen molar-refractivity contribution in [3.05, 3.63) is 33.1 Å². The zero-order chi connectivity index (χ0) is 13.1. The van der Waals surface area contributed by atoms with E-state index in [1.54, 1.807) is 6.07 Å². The van der Waals surface area contributed by atoms with Gasteiger partial charge in [-0.3, -0.25) is 4.79 Å². The van der Waals surface area contributed by atoms with Gasteiger partial charge in [-0.2, -0.15) is 0 Å². The lowest BCUT2D eigenvalue weighted by Gasteiger charge is -2.14. The normalized spacial score (nSPS) is 21.8. The number of hydrogen-bond acceptors (Lipinski definition) is 3. The van der Waals surface area contributed by atoms with Gasteiger partial charge >= 0.3 is 0 Å². The number of β-amino-alcohol motifs (C(OH)–C–C–N with tert-alkyl or cyclic N) is 1. The second-order valence-electron chi connectivity index (χ2n) is 4.32. The van der Waals surface area contributed by atoms with Crippen LogP contribution < -0.4 is 10.6 Å². The first kappa shape index (κ1) is 16.6. The molecule has 2 unspecified atom stereocenters. The standard InChI is InChI=1S/C12H14FIN2O2.ClH/c13-8-1-2-10(14)9(3-8)12(18)16-5-7-4-15-6-11(7)17;/h1-3,7,11,15,17H,4-6H2,(H,16,18);1H. The average Bonchev–Trinajstić information content (AvgIpc) is 2.75. The SMILES string of the molecule is Cl.O=C(NCC1CNCC1O)c1cc(F)ccc1I. The highest BCUT2D eigenvalue weighted by Gasteiger charge is 2.25. The minimum atomic E-state index is -0.433. The molecule has 0 saturated carbocycles. The van der Waals surface area contributed by atoms with Crippen molar-refractivity contribution in [1.29, 1.82) is 0 Å². The fourth-order valence-electron chi connectivity index (χ4n) is 1.92. The molecule has 1 heterocycles. The molecule has 4 nitrogen and oxygen atoms in total. The van der Waals surface area contributed by atoms with Crippen LogP contribution in [0.2, 0.25) is 0 Å². The van der Waals surface area contributed by atoms with E-state index in [4.69, 9.17) is 0 Å². The Balaban J connectivity index is 0.00000180. The van der Waals surface area contributed by atoms with Crippen LogP contribution in [0, 0.1) is 15.3 Å². The highest BCUT2D eigenvalue weighted by atomic mass is 127. The molecule has 1 aromatic carbocycles. The number of hydrogen-bond donors (Lipinski definition) is 3. The van der Waals surface area contributed by atoms with Crippen molar-refractivity contribution in [2.45, 2.75) is 6.10 Å². The molecule has 1 amide bonds. The van der Waals surface area contributed by atoms with Crippen LogP contribution in [0.5, 0.6) is 0 Å². The molecule has 2 rings (SSSR count). The van der Waals surface area contributed by atoms with E-state index in [1.807, 2.05) is 22.6 Å². The summed E-state index contributed by atoms with van der Waals surface area (Å²) in [5, 5.41) is 15.4. The minimum Gasteiger partial charge on any atom is -0.391 e. The van der Waals surface area contributed by atoms with E-state index in [2.05, 4.69) is 10.6 Å². The van der Waals surface area contributed by atoms with Crippen molar-refractivity contribution < 1.29 is 14.3 Å². The van der Waals surface area contributed by atoms with Gasteiger partial charge in [0.05, 0.1) is 11.7 Å². The number of carbonyl (C=O) groups excluding carboxylic acids is 1. The Bertz CT molecular complexity index is 461. The van der Waals surface area contributed by atoms with E-state index < -0.39 is 11.9 Å². The maximum atomic E-state index is 13.1. The predicted molar refractivity (Wildman–Crippen MR) is 81.1 cm³/mol. The smallest absolute Gasteiger partial charge is 0.252 e. The summed E-state index contributed by atoms with van der Waals surface area (Å²) in [4.78, 5) is 11.9. The molecule has 2 atom stereocenters. The van der Waals surface area contributed by atoms with E-state index in [0.717, 1.165) is 0 Å². The van der Waals surface area contributed by atoms with Gasteiger partial charge in [-0.1, -0.05) is 0 Å². The number of benzene rings is 1. The molecule has 1 aliphatic heterocycles. The second-order valence-corrected chi connectivity index (χ2v) is 5.48. The van der Waals surface area contributed by atoms with Gasteiger partial charge in [0.2, 0.25) is 0 Å². The molecular weight excluding hydrogens is 385 g/mol. The zero-order valence-electron chi connectivity index (χ0n) is 10.0. The average molecular weight is 401 g/mol. The third-order valence-electron chi connectivity index (χ3n) is 3.00. The molecule has 106 valence electrons. The molecule has 1 aromatic rings. The van der Waals surface area contributed by atoms with E-state index in [9.17, 15) is 14.3 Å². The van der Waals surface area contributed by atoms with Gasteiger partial charge < -0.3 is 15.7 Å². The zero-order valence-corrected chi connectivity index (χ0v) is 13.0. The predicted octanol–water partition coefficient (Wildman–Crippen LogP) is 1.16. The van der Waals surface area contributed by atoms with E-state index in [0.29, 0.717) is 28.8 Å². The number of aliphatic hydroxyl groups is 1. The first-order valence-corrected chi connectivity index (χ1v) is 6.78. The Morgan fingerprint density at radius 2 is 2.26 bits per heavy atom. The van der Waals surface area contributed by atoms with Crippen LogP contribution in [0.4, 0.5) is 4.39 Å². The van der Waals surface area contributed by atoms with Crippen LogP contribution in [0.1, 0.15) is 10.4 Å². The van der Waals surface area contributed by atoms with E-state index in [-0.39, 0.29) is 24.2 Å². The Morgan fingerprint density at radius 1 is 1.53 bits per heavy atom. The third kappa shape index (κ3) is 4.27.